The summed E-state index contributed by atoms with van der Waals surface area (Å²) in [6, 6.07) is 26.8. The highest BCUT2D eigenvalue weighted by Gasteiger charge is 2.50. The molecule has 4 aromatic carbocycles. The normalized spacial score (nSPS) is 19.8. The van der Waals surface area contributed by atoms with Gasteiger partial charge in [-0.3, -0.25) is 49.7 Å². The predicted molar refractivity (Wildman–Crippen MR) is 562 cm³/mol. The van der Waals surface area contributed by atoms with Crippen LogP contribution in [-0.2, 0) is 49.5 Å². The number of isocyanates is 1. The van der Waals surface area contributed by atoms with Gasteiger partial charge in [-0.05, 0) is 272 Å². The number of hydrogen-bond donors (Lipinski definition) is 13. The number of nitrogen functional groups attached to an aromatic ring is 1. The van der Waals surface area contributed by atoms with Gasteiger partial charge in [-0.2, -0.15) is 4.99 Å². The molecule has 8 aromatic rings. The third-order valence-electron chi connectivity index (χ3n) is 23.0. The molecule has 0 aliphatic carbocycles. The first-order valence-electron chi connectivity index (χ1n) is 42.4. The number of ketones is 1. The summed E-state index contributed by atoms with van der Waals surface area (Å²) in [5, 5.41) is 27.8. The third-order valence-corrected chi connectivity index (χ3v) is 29.0. The lowest BCUT2D eigenvalue weighted by atomic mass is 9.97. The Labute approximate surface area is 855 Å². The number of nitrogens with zero attached hydrogens (tertiary/aromatic N) is 4. The number of carbonyl (C=O) groups is 11. The Kier molecular flexibility index (Phi) is 42.6. The monoisotopic (exact) mass is 2100 g/mol. The molecule has 0 spiro atoms. The number of primary amides is 4. The van der Waals surface area contributed by atoms with Crippen LogP contribution in [0.1, 0.15) is 291 Å². The van der Waals surface area contributed by atoms with Crippen LogP contribution in [0, 0.1) is 0 Å². The first-order chi connectivity index (χ1) is 61.4. The van der Waals surface area contributed by atoms with Crippen molar-refractivity contribution in [1.29, 1.82) is 0 Å². The quantitative estimate of drug-likeness (QED) is 0.0325. The molecule has 14 heterocycles. The maximum Gasteiger partial charge on any atom is 0.411 e. The van der Waals surface area contributed by atoms with Crippen molar-refractivity contribution in [2.24, 2.45) is 27.9 Å². The topological polar surface area (TPSA) is 481 Å². The second-order valence-corrected chi connectivity index (χ2v) is 41.8. The number of fused-ring (bicyclic) bond motifs is 18. The lowest BCUT2D eigenvalue weighted by Crippen LogP contribution is -2.48. The van der Waals surface area contributed by atoms with Crippen molar-refractivity contribution in [2.75, 3.05) is 37.6 Å². The zero-order valence-corrected chi connectivity index (χ0v) is 81.5. The predicted octanol–water partition coefficient (Wildman–Crippen LogP) is 23.6. The molecule has 10 bridgehead atoms. The van der Waals surface area contributed by atoms with Crippen LogP contribution in [0.2, 0.25) is 20.1 Å². The van der Waals surface area contributed by atoms with Crippen molar-refractivity contribution < 1.29 is 71.7 Å². The number of anilines is 7. The van der Waals surface area contributed by atoms with E-state index in [1.807, 2.05) is 67.2 Å². The summed E-state index contributed by atoms with van der Waals surface area (Å²) >= 11 is 28.7. The van der Waals surface area contributed by atoms with E-state index in [2.05, 4.69) is 47.5 Å². The van der Waals surface area contributed by atoms with Crippen molar-refractivity contribution in [2.45, 2.75) is 287 Å². The van der Waals surface area contributed by atoms with Gasteiger partial charge in [0.1, 0.15) is 37.6 Å². The number of ether oxygens (including phenoxy) is 3. The van der Waals surface area contributed by atoms with E-state index in [0.29, 0.717) is 123 Å². The fraction of sp³-hybridized carbons (Fsp3) is 0.458. The molecule has 6 saturated heterocycles. The van der Waals surface area contributed by atoms with Gasteiger partial charge in [0.05, 0.1) is 45.0 Å². The Morgan fingerprint density at radius 2 is 0.667 bits per heavy atom. The molecule has 138 heavy (non-hydrogen) atoms. The van der Waals surface area contributed by atoms with Gasteiger partial charge in [-0.15, -0.1) is 70.2 Å². The van der Waals surface area contributed by atoms with E-state index in [4.69, 9.17) is 89.3 Å². The van der Waals surface area contributed by atoms with E-state index in [-0.39, 0.29) is 142 Å². The summed E-state index contributed by atoms with van der Waals surface area (Å²) in [6.45, 7) is 16.7. The minimum absolute atomic E-state index is 0. The van der Waals surface area contributed by atoms with E-state index >= 15 is 0 Å². The molecule has 42 heteroatoms. The number of amides is 13. The van der Waals surface area contributed by atoms with Crippen molar-refractivity contribution in [3.8, 4) is 0 Å². The molecule has 6 fully saturated rings. The van der Waals surface area contributed by atoms with Crippen LogP contribution in [-0.4, -0.2) is 140 Å². The molecule has 18 rings (SSSR count). The van der Waals surface area contributed by atoms with Crippen molar-refractivity contribution in [3.63, 3.8) is 0 Å². The van der Waals surface area contributed by atoms with Gasteiger partial charge in [-0.25, -0.2) is 33.6 Å². The summed E-state index contributed by atoms with van der Waals surface area (Å²) in [5.74, 6) is -1.80. The van der Waals surface area contributed by atoms with E-state index < -0.39 is 58.5 Å². The van der Waals surface area contributed by atoms with Crippen LogP contribution in [0.5, 0.6) is 0 Å². The van der Waals surface area contributed by atoms with Gasteiger partial charge < -0.3 is 74.4 Å². The number of rotatable bonds is 11. The zero-order chi connectivity index (χ0) is 93.9. The van der Waals surface area contributed by atoms with Gasteiger partial charge in [0.2, 0.25) is 6.08 Å². The molecule has 754 valence electrons. The van der Waals surface area contributed by atoms with Crippen molar-refractivity contribution in [3.05, 3.63) is 181 Å². The number of urea groups is 3. The first-order valence-corrected chi connectivity index (χ1v) is 47.2. The molecule has 10 aliphatic rings. The lowest BCUT2D eigenvalue weighted by molar-refractivity contribution is -0.123. The Hall–Kier alpha value is -10.3. The number of carbonyl (C=O) groups excluding carboxylic acids is 12. The molecule has 10 atom stereocenters. The number of nitrogens with one attached hydrogen (secondary N) is 8. The average Bonchev–Trinajstić information content (AvgIpc) is 1.57. The molecule has 4 aromatic heterocycles. The summed E-state index contributed by atoms with van der Waals surface area (Å²) < 4.78 is 16.5. The molecule has 10 unspecified atom stereocenters. The Balaban J connectivity index is 0.000000296. The van der Waals surface area contributed by atoms with Gasteiger partial charge in [0.25, 0.3) is 23.6 Å². The van der Waals surface area contributed by atoms with E-state index in [9.17, 15) is 57.5 Å². The third kappa shape index (κ3) is 28.8. The molecule has 10 aliphatic heterocycles. The lowest BCUT2D eigenvalue weighted by Gasteiger charge is -2.36. The standard InChI is InChI=1S/C22H25ClN4O4S.2C17H17ClN4O2S.C15H21N3O3S.C12H19NO3.C7H4ClNO.6CH4.2ClH/c1-22(2,3)31-21(30)27-13-8-9-15(27)17-14(10-13)16(18(24)28)19(32-17)26-20(29)25-12-6-4-11(23)5-7-12;2*18-8-1-3-9(4-2-8)21-17(24)22-16-13(15(19)23)11-7-10-5-6-12(20-10)14(11)25-16;1-15(2,3)21-14(20)18-7-4-5-9(18)11-8(6-7)10(12(16)19)13(17)22-11;1-12(2,3)16-11(15)13-8-4-5-9(13)7-10(14)6-8;8-6-1-3-7(4-2-6)9-5-10;;;;;;;;/h4-7,13,15H,8-10H2,1-3H3,(H2,24,28)(H2,25,26,29);2*1-4,10,12,20H,5-7H2,(H2,19,23)(H2,21,22,24);7,9H,4-6,17H2,1-3H3,(H2,16,19);8-9H,4-7H2,1-3H3;1-4H;6*1H4;2*1H. The van der Waals surface area contributed by atoms with E-state index in [1.54, 1.807) is 107 Å². The number of Topliss-reactive ketones (excluding diaryl/α,β-unsaturated/α-hetero) is 1. The summed E-state index contributed by atoms with van der Waals surface area (Å²) in [6.07, 6.45) is 13.8. The van der Waals surface area contributed by atoms with Crippen molar-refractivity contribution >= 4 is 231 Å². The summed E-state index contributed by atoms with van der Waals surface area (Å²) in [5.41, 5.74) is 34.5. The number of piperidine rings is 1. The zero-order valence-electron chi connectivity index (χ0n) is 73.6. The van der Waals surface area contributed by atoms with E-state index in [1.165, 1.54) is 51.4 Å². The van der Waals surface area contributed by atoms with Crippen LogP contribution >= 0.6 is 117 Å². The Morgan fingerprint density at radius 1 is 0.384 bits per heavy atom. The largest absolute Gasteiger partial charge is 0.444 e. The molecule has 18 N–H and O–H groups in total. The Morgan fingerprint density at radius 3 is 0.986 bits per heavy atom. The van der Waals surface area contributed by atoms with Crippen LogP contribution in [0.4, 0.5) is 71.5 Å². The average molecular weight is 2100 g/mol. The Bertz CT molecular complexity index is 5580. The minimum Gasteiger partial charge on any atom is -0.444 e. The molecular formula is C96H129Cl6N17O15S4. The van der Waals surface area contributed by atoms with Crippen LogP contribution < -0.4 is 71.2 Å². The van der Waals surface area contributed by atoms with Gasteiger partial charge in [0.15, 0.2) is 0 Å². The van der Waals surface area contributed by atoms with Gasteiger partial charge in [0, 0.05) is 118 Å². The highest BCUT2D eigenvalue weighted by Crippen LogP contribution is 2.54. The smallest absolute Gasteiger partial charge is 0.411 e. The minimum atomic E-state index is -0.602. The van der Waals surface area contributed by atoms with E-state index in [0.717, 1.165) is 119 Å². The van der Waals surface area contributed by atoms with Crippen LogP contribution in [0.15, 0.2) is 102 Å². The summed E-state index contributed by atoms with van der Waals surface area (Å²) in [7, 11) is 0. The molecule has 0 radical (unpaired) electrons. The van der Waals surface area contributed by atoms with Gasteiger partial charge in [-0.1, -0.05) is 91.0 Å². The first kappa shape index (κ1) is 118. The van der Waals surface area contributed by atoms with Crippen molar-refractivity contribution in [1.82, 2.24) is 25.3 Å². The van der Waals surface area contributed by atoms with Gasteiger partial charge >= 0.3 is 36.4 Å². The number of aliphatic imine (C=N–C) groups is 1. The molecule has 0 saturated carbocycles. The number of hydrogen-bond acceptors (Lipinski definition) is 23. The fourth-order valence-corrected chi connectivity index (χ4v) is 23.7. The molecule has 13 amide bonds. The summed E-state index contributed by atoms with van der Waals surface area (Å²) in [4.78, 5) is 156. The maximum absolute atomic E-state index is 12.8. The molecule has 32 nitrogen and oxygen atoms in total. The number of benzene rings is 4. The highest BCUT2D eigenvalue weighted by molar-refractivity contribution is 7.18. The fourth-order valence-electron chi connectivity index (χ4n) is 17.9. The maximum atomic E-state index is 12.8. The molecular weight excluding hydrogens is 1970 g/mol. The second-order valence-electron chi connectivity index (χ2n) is 35.8. The number of halogens is 6. The number of thiophene rings is 4. The van der Waals surface area contributed by atoms with Crippen LogP contribution in [0.25, 0.3) is 0 Å². The van der Waals surface area contributed by atoms with Crippen LogP contribution in [0.3, 0.4) is 0 Å². The second kappa shape index (κ2) is 49.7. The highest BCUT2D eigenvalue weighted by atomic mass is 35.5. The SMILES string of the molecule is C.C.C.C.C.C.CC(C)(C)OC(=O)N1C2CCC1CC(=O)C2.CC(C)(C)OC(=O)N1C2CCC1c1sc(N)c(C(N)=O)c1C2.CC(C)(C)OC(=O)N1C2CCC1c1sc(NC(=O)Nc3ccc(Cl)cc3)c(C(N)=O)c1C2.Cl.Cl.NC(=O)c1c(NC(=O)Nc2ccc(Cl)cc2)sc2c1CC1CCC2N1.NC(=O)c1c(NC(=O)Nc2ccc(Cl)cc2)sc2c1CC1CCC2N1.O=C=Nc1ccc(Cl)cc1. The number of nitrogens with two attached hydrogens (primary N) is 5.